The number of carbonyl (C=O) groups is 1. The number of terminal acetylenes is 1. The van der Waals surface area contributed by atoms with Gasteiger partial charge in [0.05, 0.1) is 0 Å². The second kappa shape index (κ2) is 14.3. The maximum absolute atomic E-state index is 13.3. The van der Waals surface area contributed by atoms with Crippen LogP contribution in [-0.4, -0.2) is 35.5 Å². The first-order chi connectivity index (χ1) is 19.2. The van der Waals surface area contributed by atoms with Gasteiger partial charge in [-0.15, -0.1) is 12.8 Å². The van der Waals surface area contributed by atoms with Crippen molar-refractivity contribution < 1.29 is 9.53 Å². The minimum absolute atomic E-state index is 0.127. The normalized spacial score (nSPS) is 16.8. The summed E-state index contributed by atoms with van der Waals surface area (Å²) in [6.07, 6.45) is 12.0. The molecule has 3 aromatic carbocycles. The van der Waals surface area contributed by atoms with E-state index in [0.29, 0.717) is 0 Å². The molecule has 0 bridgehead atoms. The molecule has 3 N–H and O–H groups in total. The molecule has 0 spiro atoms. The van der Waals surface area contributed by atoms with Gasteiger partial charge in [0, 0.05) is 35.3 Å². The fourth-order valence-corrected chi connectivity index (χ4v) is 5.69. The van der Waals surface area contributed by atoms with Gasteiger partial charge >= 0.3 is 0 Å². The van der Waals surface area contributed by atoms with Crippen molar-refractivity contribution in [3.63, 3.8) is 0 Å². The molecule has 3 aromatic rings. The number of carbonyl (C=O) groups excluding carboxylic acids is 1. The lowest BCUT2D eigenvalue weighted by Gasteiger charge is -2.33. The van der Waals surface area contributed by atoms with E-state index in [2.05, 4.69) is 88.0 Å². The first kappa shape index (κ1) is 31.1. The Morgan fingerprint density at radius 2 is 1.77 bits per heavy atom. The van der Waals surface area contributed by atoms with E-state index in [1.54, 1.807) is 0 Å². The fourth-order valence-electron chi connectivity index (χ4n) is 5.27. The Morgan fingerprint density at radius 3 is 2.42 bits per heavy atom. The zero-order valence-electron chi connectivity index (χ0n) is 24.5. The average molecular weight is 558 g/mol. The maximum atomic E-state index is 13.3. The number of ether oxygens (including phenoxy) is 1. The molecular weight excluding hydrogens is 514 g/mol. The summed E-state index contributed by atoms with van der Waals surface area (Å²) >= 11 is 1.28. The molecule has 0 aromatic heterocycles. The number of nitrogens with one attached hydrogen (secondary N) is 1. The smallest absolute Gasteiger partial charge is 0.254 e. The van der Waals surface area contributed by atoms with Gasteiger partial charge in [-0.3, -0.25) is 9.93 Å². The number of hydrogen-bond acceptors (Lipinski definition) is 5. The molecule has 5 rings (SSSR count). The Labute approximate surface area is 245 Å². The van der Waals surface area contributed by atoms with E-state index < -0.39 is 0 Å². The van der Waals surface area contributed by atoms with E-state index in [1.165, 1.54) is 34.3 Å². The van der Waals surface area contributed by atoms with Crippen LogP contribution in [-0.2, 0) is 6.42 Å². The maximum Gasteiger partial charge on any atom is 0.254 e. The summed E-state index contributed by atoms with van der Waals surface area (Å²) in [6.45, 7) is 12.2. The van der Waals surface area contributed by atoms with Gasteiger partial charge < -0.3 is 15.0 Å². The number of fused-ring (bicyclic) bond motifs is 1. The zero-order chi connectivity index (χ0) is 29.3. The van der Waals surface area contributed by atoms with Crippen molar-refractivity contribution in [2.75, 3.05) is 18.4 Å². The molecule has 1 atom stereocenters. The molecule has 1 fully saturated rings. The number of nitrogens with two attached hydrogens (primary N) is 1. The van der Waals surface area contributed by atoms with Gasteiger partial charge in [-0.1, -0.05) is 30.3 Å². The molecule has 2 aliphatic heterocycles. The third-order valence-corrected chi connectivity index (χ3v) is 7.98. The number of para-hydroxylation sites is 1. The van der Waals surface area contributed by atoms with Crippen LogP contribution in [0.15, 0.2) is 65.6 Å². The molecule has 0 unspecified atom stereocenters. The third-order valence-electron chi connectivity index (χ3n) is 7.45. The minimum atomic E-state index is -0.127. The number of amides is 1. The number of likely N-dealkylation sites (tertiary alicyclic amines) is 1. The van der Waals surface area contributed by atoms with Crippen LogP contribution in [0.25, 0.3) is 0 Å². The number of aryl methyl sites for hydroxylation is 4. The lowest BCUT2D eigenvalue weighted by molar-refractivity contribution is 0.0741. The molecule has 40 heavy (non-hydrogen) atoms. The molecule has 0 radical (unpaired) electrons. The fraction of sp³-hybridized carbons (Fsp3) is 0.382. The predicted octanol–water partition coefficient (Wildman–Crippen LogP) is 7.33. The second-order valence-electron chi connectivity index (χ2n) is 11.1. The van der Waals surface area contributed by atoms with Gasteiger partial charge in [0.2, 0.25) is 0 Å². The number of hydrogen-bond donors (Lipinski definition) is 2. The van der Waals surface area contributed by atoms with Gasteiger partial charge in [0.15, 0.2) is 0 Å². The highest BCUT2D eigenvalue weighted by Crippen LogP contribution is 2.34. The highest BCUT2D eigenvalue weighted by molar-refractivity contribution is 7.97. The Balaban J connectivity index is 0.000000339. The van der Waals surface area contributed by atoms with E-state index in [9.17, 15) is 4.79 Å². The van der Waals surface area contributed by atoms with Crippen molar-refractivity contribution in [1.29, 1.82) is 0 Å². The first-order valence-electron chi connectivity index (χ1n) is 13.9. The van der Waals surface area contributed by atoms with Gasteiger partial charge in [-0.2, -0.15) is 0 Å². The zero-order valence-corrected chi connectivity index (χ0v) is 25.3. The molecule has 0 saturated carbocycles. The highest BCUT2D eigenvalue weighted by atomic mass is 32.2. The van der Waals surface area contributed by atoms with Gasteiger partial charge in [0.25, 0.3) is 5.91 Å². The van der Waals surface area contributed by atoms with Crippen LogP contribution < -0.4 is 15.2 Å². The molecule has 212 valence electrons. The number of nitrogens with zero attached hydrogens (tertiary/aromatic N) is 1. The van der Waals surface area contributed by atoms with Crippen molar-refractivity contribution in [3.8, 4) is 18.6 Å². The Kier molecular flexibility index (Phi) is 11.1. The molecule has 1 amide bonds. The summed E-state index contributed by atoms with van der Waals surface area (Å²) in [5, 5.41) is 8.94. The molecule has 2 heterocycles. The topological polar surface area (TPSA) is 67.6 Å². The summed E-state index contributed by atoms with van der Waals surface area (Å²) in [5.41, 5.74) is 6.76. The van der Waals surface area contributed by atoms with E-state index in [0.717, 1.165) is 60.5 Å². The molecule has 5 nitrogen and oxygen atoms in total. The minimum Gasteiger partial charge on any atom is -0.488 e. The highest BCUT2D eigenvalue weighted by Gasteiger charge is 2.31. The largest absolute Gasteiger partial charge is 0.488 e. The number of rotatable bonds is 5. The van der Waals surface area contributed by atoms with Gasteiger partial charge in [0.1, 0.15) is 11.4 Å². The standard InChI is InChI=1S/C25H32N2O2.C7H9NS.C2H2/c1-17-7-5-8-18(2)23(17)26-16-21-9-6-14-27(21)24(28)20-10-11-22-19(15-20)12-13-25(3,4)29-22;1-6-3-2-4-7(5-6)9-8;1-2/h5,7-8,10-11,15,21,26H,6,9,12-14,16H2,1-4H3;2-5H,8H2,1H3;1-2H/t21-;;/m0../s1. The first-order valence-corrected chi connectivity index (χ1v) is 14.7. The van der Waals surface area contributed by atoms with Crippen molar-refractivity contribution in [2.45, 2.75) is 76.8 Å². The van der Waals surface area contributed by atoms with Crippen molar-refractivity contribution >= 4 is 23.5 Å². The van der Waals surface area contributed by atoms with E-state index in [-0.39, 0.29) is 17.6 Å². The van der Waals surface area contributed by atoms with Crippen LogP contribution >= 0.6 is 11.9 Å². The predicted molar refractivity (Wildman–Crippen MR) is 169 cm³/mol. The van der Waals surface area contributed by atoms with Crippen molar-refractivity contribution in [2.24, 2.45) is 5.14 Å². The monoisotopic (exact) mass is 557 g/mol. The summed E-state index contributed by atoms with van der Waals surface area (Å²) in [6, 6.07) is 20.6. The Bertz CT molecular complexity index is 1300. The summed E-state index contributed by atoms with van der Waals surface area (Å²) < 4.78 is 6.08. The van der Waals surface area contributed by atoms with Crippen molar-refractivity contribution in [3.05, 3.63) is 88.5 Å². The molecular formula is C34H43N3O2S. The quantitative estimate of drug-likeness (QED) is 0.254. The summed E-state index contributed by atoms with van der Waals surface area (Å²) in [5.74, 6) is 1.07. The number of anilines is 1. The molecule has 0 aliphatic carbocycles. The second-order valence-corrected chi connectivity index (χ2v) is 11.8. The van der Waals surface area contributed by atoms with Crippen LogP contribution in [0.5, 0.6) is 5.75 Å². The van der Waals surface area contributed by atoms with Crippen LogP contribution in [0, 0.1) is 33.6 Å². The Hall–Kier alpha value is -3.40. The average Bonchev–Trinajstić information content (AvgIpc) is 3.42. The van der Waals surface area contributed by atoms with Crippen LogP contribution in [0.3, 0.4) is 0 Å². The molecule has 1 saturated heterocycles. The number of benzene rings is 3. The van der Waals surface area contributed by atoms with Crippen molar-refractivity contribution in [1.82, 2.24) is 4.90 Å². The van der Waals surface area contributed by atoms with E-state index in [4.69, 9.17) is 9.88 Å². The summed E-state index contributed by atoms with van der Waals surface area (Å²) in [7, 11) is 0. The van der Waals surface area contributed by atoms with Gasteiger partial charge in [-0.05, 0) is 125 Å². The lowest BCUT2D eigenvalue weighted by Crippen LogP contribution is -2.40. The van der Waals surface area contributed by atoms with Crippen LogP contribution in [0.2, 0.25) is 0 Å². The lowest BCUT2D eigenvalue weighted by atomic mass is 9.93. The van der Waals surface area contributed by atoms with E-state index in [1.807, 2.05) is 30.3 Å². The van der Waals surface area contributed by atoms with Crippen LogP contribution in [0.1, 0.15) is 65.7 Å². The van der Waals surface area contributed by atoms with E-state index >= 15 is 0 Å². The van der Waals surface area contributed by atoms with Gasteiger partial charge in [-0.25, -0.2) is 0 Å². The third kappa shape index (κ3) is 8.06. The molecule has 2 aliphatic rings. The summed E-state index contributed by atoms with van der Waals surface area (Å²) in [4.78, 5) is 16.4. The SMILES string of the molecule is C#C.Cc1cccc(C)c1NC[C@@H]1CCCN1C(=O)c1ccc2c(c1)CCC(C)(C)O2.Cc1cccc(SN)c1. The Morgan fingerprint density at radius 1 is 1.07 bits per heavy atom. The molecule has 6 heteroatoms. The van der Waals surface area contributed by atoms with Crippen LogP contribution in [0.4, 0.5) is 5.69 Å².